The van der Waals surface area contributed by atoms with Crippen LogP contribution in [0.3, 0.4) is 0 Å². The summed E-state index contributed by atoms with van der Waals surface area (Å²) in [6.07, 6.45) is 3.34. The highest BCUT2D eigenvalue weighted by Crippen LogP contribution is 1.84. The van der Waals surface area contributed by atoms with Crippen LogP contribution in [0, 0.1) is 10.1 Å². The minimum Gasteiger partial charge on any atom is -0.354 e. The Labute approximate surface area is 104 Å². The molecule has 0 saturated heterocycles. The Morgan fingerprint density at radius 1 is 1.44 bits per heavy atom. The third-order valence-electron chi connectivity index (χ3n) is 1.92. The van der Waals surface area contributed by atoms with E-state index in [9.17, 15) is 10.1 Å². The molecule has 1 aromatic rings. The lowest BCUT2D eigenvalue weighted by Gasteiger charge is -2.06. The number of hydrogen-bond acceptors (Lipinski definition) is 5. The van der Waals surface area contributed by atoms with E-state index < -0.39 is 5.03 Å². The molecule has 0 unspecified atom stereocenters. The van der Waals surface area contributed by atoms with Gasteiger partial charge in [0.2, 0.25) is 0 Å². The fraction of sp³-hybridized carbons (Fsp3) is 0.444. The maximum absolute atomic E-state index is 10.1. The van der Waals surface area contributed by atoms with Gasteiger partial charge in [-0.25, -0.2) is 20.1 Å². The fourth-order valence-electron chi connectivity index (χ4n) is 1.15. The first-order valence-electron chi connectivity index (χ1n) is 5.33. The molecule has 0 spiro atoms. The van der Waals surface area contributed by atoms with Gasteiger partial charge in [-0.1, -0.05) is 0 Å². The maximum atomic E-state index is 10.1. The molecule has 0 bridgehead atoms. The predicted octanol–water partition coefficient (Wildman–Crippen LogP) is -1.08. The lowest BCUT2D eigenvalue weighted by atomic mass is 10.5. The Kier molecular flexibility index (Phi) is 6.04. The number of aromatic nitrogens is 2. The Morgan fingerprint density at radius 3 is 2.78 bits per heavy atom. The van der Waals surface area contributed by atoms with Gasteiger partial charge in [0.05, 0.1) is 6.54 Å². The van der Waals surface area contributed by atoms with Gasteiger partial charge in [0, 0.05) is 32.5 Å². The summed E-state index contributed by atoms with van der Waals surface area (Å²) in [6, 6.07) is 1.75. The van der Waals surface area contributed by atoms with E-state index >= 15 is 0 Å². The highest BCUT2D eigenvalue weighted by molar-refractivity contribution is 5.78. The molecule has 1 aromatic heterocycles. The van der Waals surface area contributed by atoms with Crippen molar-refractivity contribution in [2.45, 2.75) is 6.54 Å². The van der Waals surface area contributed by atoms with Gasteiger partial charge in [-0.3, -0.25) is 0 Å². The monoisotopic (exact) mass is 253 g/mol. The number of hydrogen-bond donors (Lipinski definition) is 3. The maximum Gasteiger partial charge on any atom is 0.268 e. The molecule has 1 heterocycles. The van der Waals surface area contributed by atoms with Gasteiger partial charge < -0.3 is 16.0 Å². The van der Waals surface area contributed by atoms with Crippen molar-refractivity contribution >= 4 is 5.96 Å². The molecule has 98 valence electrons. The van der Waals surface area contributed by atoms with E-state index in [-0.39, 0.29) is 5.96 Å². The molecular formula is C9H15N7O2. The van der Waals surface area contributed by atoms with Gasteiger partial charge in [0.15, 0.2) is 5.03 Å². The number of nitro groups is 1. The number of nitrogens with one attached hydrogen (secondary N) is 3. The zero-order chi connectivity index (χ0) is 13.2. The lowest BCUT2D eigenvalue weighted by Crippen LogP contribution is -2.39. The van der Waals surface area contributed by atoms with E-state index in [2.05, 4.69) is 31.0 Å². The highest BCUT2D eigenvalue weighted by atomic mass is 16.7. The third-order valence-corrected chi connectivity index (χ3v) is 1.92. The molecule has 1 rings (SSSR count). The van der Waals surface area contributed by atoms with Crippen molar-refractivity contribution in [2.24, 2.45) is 5.10 Å². The topological polar surface area (TPSA) is 117 Å². The van der Waals surface area contributed by atoms with Crippen LogP contribution in [0.5, 0.6) is 0 Å². The molecule has 0 aliphatic carbocycles. The van der Waals surface area contributed by atoms with Crippen molar-refractivity contribution in [1.82, 2.24) is 25.9 Å². The first-order chi connectivity index (χ1) is 8.72. The smallest absolute Gasteiger partial charge is 0.268 e. The lowest BCUT2D eigenvalue weighted by molar-refractivity contribution is -0.485. The molecule has 18 heavy (non-hydrogen) atoms. The van der Waals surface area contributed by atoms with Crippen LogP contribution in [0.1, 0.15) is 5.82 Å². The molecular weight excluding hydrogens is 238 g/mol. The van der Waals surface area contributed by atoms with E-state index in [1.807, 2.05) is 0 Å². The number of nitrogens with zero attached hydrogens (tertiary/aromatic N) is 4. The molecule has 0 atom stereocenters. The number of guanidine groups is 1. The van der Waals surface area contributed by atoms with Crippen LogP contribution in [0.2, 0.25) is 0 Å². The van der Waals surface area contributed by atoms with E-state index in [0.717, 1.165) is 0 Å². The van der Waals surface area contributed by atoms with Crippen LogP contribution in [-0.2, 0) is 6.54 Å². The summed E-state index contributed by atoms with van der Waals surface area (Å²) in [5, 5.41) is 21.0. The second-order valence-corrected chi connectivity index (χ2v) is 3.21. The molecule has 0 aliphatic rings. The summed E-state index contributed by atoms with van der Waals surface area (Å²) in [4.78, 5) is 18.2. The molecule has 0 amide bonds. The van der Waals surface area contributed by atoms with Crippen molar-refractivity contribution < 1.29 is 5.03 Å². The van der Waals surface area contributed by atoms with Gasteiger partial charge in [-0.2, -0.15) is 0 Å². The van der Waals surface area contributed by atoms with Crippen molar-refractivity contribution in [1.29, 1.82) is 0 Å². The Bertz CT molecular complexity index is 395. The van der Waals surface area contributed by atoms with E-state index in [0.29, 0.717) is 25.5 Å². The highest BCUT2D eigenvalue weighted by Gasteiger charge is 2.00. The van der Waals surface area contributed by atoms with Gasteiger partial charge >= 0.3 is 0 Å². The molecule has 9 heteroatoms. The largest absolute Gasteiger partial charge is 0.354 e. The van der Waals surface area contributed by atoms with Gasteiger partial charge in [0.25, 0.3) is 5.96 Å². The minimum atomic E-state index is -0.760. The van der Waals surface area contributed by atoms with Crippen LogP contribution >= 0.6 is 0 Å². The average Bonchev–Trinajstić information content (AvgIpc) is 2.37. The van der Waals surface area contributed by atoms with E-state index in [1.165, 1.54) is 0 Å². The van der Waals surface area contributed by atoms with Gasteiger partial charge in [0.1, 0.15) is 10.9 Å². The summed E-state index contributed by atoms with van der Waals surface area (Å²) >= 11 is 0. The SMILES string of the molecule is CNC(=N[N+](=O)[O-])NCCNCc1ncccn1. The summed E-state index contributed by atoms with van der Waals surface area (Å²) in [6.45, 7) is 1.65. The van der Waals surface area contributed by atoms with Crippen molar-refractivity contribution in [3.8, 4) is 0 Å². The number of rotatable bonds is 6. The normalized spacial score (nSPS) is 11.1. The van der Waals surface area contributed by atoms with Crippen LogP contribution in [0.25, 0.3) is 0 Å². The van der Waals surface area contributed by atoms with Crippen LogP contribution < -0.4 is 16.0 Å². The molecule has 9 nitrogen and oxygen atoms in total. The standard InChI is InChI=1S/C9H15N7O2/c1-10-9(15-16(17)18)14-6-5-11-7-8-12-3-2-4-13-8/h2-4,11H,5-7H2,1H3,(H2,10,14,15). The first-order valence-corrected chi connectivity index (χ1v) is 5.33. The van der Waals surface area contributed by atoms with Crippen molar-refractivity contribution in [3.05, 3.63) is 34.4 Å². The second-order valence-electron chi connectivity index (χ2n) is 3.21. The Morgan fingerprint density at radius 2 is 2.17 bits per heavy atom. The number of hydrazone groups is 1. The predicted molar refractivity (Wildman–Crippen MR) is 65.2 cm³/mol. The van der Waals surface area contributed by atoms with E-state index in [1.54, 1.807) is 25.5 Å². The zero-order valence-corrected chi connectivity index (χ0v) is 9.96. The first kappa shape index (κ1) is 13.8. The zero-order valence-electron chi connectivity index (χ0n) is 9.96. The molecule has 3 N–H and O–H groups in total. The summed E-state index contributed by atoms with van der Waals surface area (Å²) in [7, 11) is 1.56. The molecule has 0 radical (unpaired) electrons. The molecule has 0 aromatic carbocycles. The minimum absolute atomic E-state index is 0.123. The summed E-state index contributed by atoms with van der Waals surface area (Å²) in [5.41, 5.74) is 0. The molecule has 0 saturated carbocycles. The third kappa shape index (κ3) is 5.70. The van der Waals surface area contributed by atoms with Crippen LogP contribution in [-0.4, -0.2) is 41.1 Å². The van der Waals surface area contributed by atoms with Crippen LogP contribution in [0.4, 0.5) is 0 Å². The van der Waals surface area contributed by atoms with Crippen molar-refractivity contribution in [2.75, 3.05) is 20.1 Å². The van der Waals surface area contributed by atoms with E-state index in [4.69, 9.17) is 0 Å². The molecule has 0 aliphatic heterocycles. The van der Waals surface area contributed by atoms with Gasteiger partial charge in [-0.05, 0) is 6.07 Å². The van der Waals surface area contributed by atoms with Crippen LogP contribution in [0.15, 0.2) is 23.6 Å². The Balaban J connectivity index is 2.17. The van der Waals surface area contributed by atoms with Crippen molar-refractivity contribution in [3.63, 3.8) is 0 Å². The second kappa shape index (κ2) is 7.90. The molecule has 0 fully saturated rings. The average molecular weight is 253 g/mol. The summed E-state index contributed by atoms with van der Waals surface area (Å²) in [5.74, 6) is 0.822. The van der Waals surface area contributed by atoms with Gasteiger partial charge in [-0.15, -0.1) is 0 Å². The fourth-order valence-corrected chi connectivity index (χ4v) is 1.15. The summed E-state index contributed by atoms with van der Waals surface area (Å²) < 4.78 is 0. The quantitative estimate of drug-likeness (QED) is 0.194. The Hall–Kier alpha value is -2.29.